The summed E-state index contributed by atoms with van der Waals surface area (Å²) in [6.45, 7) is 7.07. The number of piperidine rings is 1. The van der Waals surface area contributed by atoms with E-state index in [2.05, 4.69) is 54.8 Å². The van der Waals surface area contributed by atoms with Crippen molar-refractivity contribution in [1.29, 1.82) is 0 Å². The molecule has 21 heavy (non-hydrogen) atoms. The second-order valence-electron chi connectivity index (χ2n) is 7.25. The van der Waals surface area contributed by atoms with Crippen molar-refractivity contribution < 1.29 is 0 Å². The number of hydrogen-bond donors (Lipinski definition) is 0. The zero-order valence-corrected chi connectivity index (χ0v) is 13.5. The average molecular weight is 282 g/mol. The first-order chi connectivity index (χ1) is 10.2. The zero-order chi connectivity index (χ0) is 14.6. The first-order valence-corrected chi connectivity index (χ1v) is 8.50. The minimum atomic E-state index is 0.705. The standard InChI is InChI=1S/C19H26N2/c1-4-8-21-12-14-10-18-16(9-13(2)11-20(18)3)15-6-5-7-17(21)19(14)15/h5-7,12-13,16,18H,4,8-11H2,1-3H3/t13-,16?,18-/m1/s1. The lowest BCUT2D eigenvalue weighted by atomic mass is 9.73. The first kappa shape index (κ1) is 13.4. The second kappa shape index (κ2) is 4.88. The van der Waals surface area contributed by atoms with E-state index in [-0.39, 0.29) is 0 Å². The van der Waals surface area contributed by atoms with Crippen molar-refractivity contribution >= 4 is 10.9 Å². The Bertz CT molecular complexity index is 670. The van der Waals surface area contributed by atoms with Gasteiger partial charge in [-0.05, 0) is 49.4 Å². The van der Waals surface area contributed by atoms with Gasteiger partial charge in [0.25, 0.3) is 0 Å². The SMILES string of the molecule is CCCn1cc2c3c(cccc31)C1C[C@@H](C)CN(C)[C@@H]1C2. The van der Waals surface area contributed by atoms with Crippen LogP contribution >= 0.6 is 0 Å². The molecule has 0 spiro atoms. The summed E-state index contributed by atoms with van der Waals surface area (Å²) in [6.07, 6.45) is 6.22. The zero-order valence-electron chi connectivity index (χ0n) is 13.5. The third-order valence-corrected chi connectivity index (χ3v) is 5.60. The summed E-state index contributed by atoms with van der Waals surface area (Å²) < 4.78 is 2.48. The van der Waals surface area contributed by atoms with E-state index < -0.39 is 0 Å². The van der Waals surface area contributed by atoms with E-state index in [1.807, 2.05) is 0 Å². The van der Waals surface area contributed by atoms with Gasteiger partial charge in [0.1, 0.15) is 0 Å². The molecule has 1 aromatic heterocycles. The molecule has 1 aliphatic carbocycles. The van der Waals surface area contributed by atoms with Gasteiger partial charge in [0, 0.05) is 42.1 Å². The molecule has 3 atom stereocenters. The van der Waals surface area contributed by atoms with Gasteiger partial charge in [-0.2, -0.15) is 0 Å². The summed E-state index contributed by atoms with van der Waals surface area (Å²) in [5.74, 6) is 1.54. The van der Waals surface area contributed by atoms with Crippen LogP contribution in [-0.4, -0.2) is 29.1 Å². The number of aromatic nitrogens is 1. The maximum absolute atomic E-state index is 2.61. The number of rotatable bonds is 2. The normalized spacial score (nSPS) is 28.8. The highest BCUT2D eigenvalue weighted by Crippen LogP contribution is 2.44. The molecule has 2 heteroatoms. The van der Waals surface area contributed by atoms with Crippen LogP contribution in [0.25, 0.3) is 10.9 Å². The van der Waals surface area contributed by atoms with Gasteiger partial charge in [0.15, 0.2) is 0 Å². The van der Waals surface area contributed by atoms with Crippen LogP contribution in [0.1, 0.15) is 43.7 Å². The van der Waals surface area contributed by atoms with E-state index >= 15 is 0 Å². The van der Waals surface area contributed by atoms with Crippen molar-refractivity contribution in [1.82, 2.24) is 9.47 Å². The number of likely N-dealkylation sites (N-methyl/N-ethyl adjacent to an activating group) is 1. The van der Waals surface area contributed by atoms with Crippen LogP contribution in [0.2, 0.25) is 0 Å². The summed E-state index contributed by atoms with van der Waals surface area (Å²) in [4.78, 5) is 2.61. The van der Waals surface area contributed by atoms with E-state index in [9.17, 15) is 0 Å². The fraction of sp³-hybridized carbons (Fsp3) is 0.579. The van der Waals surface area contributed by atoms with Crippen LogP contribution in [-0.2, 0) is 13.0 Å². The lowest BCUT2D eigenvalue weighted by Gasteiger charge is -2.44. The van der Waals surface area contributed by atoms with Crippen molar-refractivity contribution in [2.75, 3.05) is 13.6 Å². The molecular formula is C19H26N2. The van der Waals surface area contributed by atoms with E-state index in [1.165, 1.54) is 31.3 Å². The summed E-state index contributed by atoms with van der Waals surface area (Å²) >= 11 is 0. The Morgan fingerprint density at radius 1 is 1.29 bits per heavy atom. The Balaban J connectivity index is 1.88. The molecule has 0 saturated carbocycles. The number of fused-ring (bicyclic) bond motifs is 2. The molecule has 2 heterocycles. The van der Waals surface area contributed by atoms with Gasteiger partial charge in [-0.25, -0.2) is 0 Å². The predicted molar refractivity (Wildman–Crippen MR) is 88.9 cm³/mol. The molecule has 2 aliphatic rings. The van der Waals surface area contributed by atoms with Crippen molar-refractivity contribution in [2.24, 2.45) is 5.92 Å². The van der Waals surface area contributed by atoms with Crippen LogP contribution in [0.4, 0.5) is 0 Å². The van der Waals surface area contributed by atoms with Crippen molar-refractivity contribution in [3.8, 4) is 0 Å². The molecule has 2 nitrogen and oxygen atoms in total. The number of aryl methyl sites for hydroxylation is 1. The number of likely N-dealkylation sites (tertiary alicyclic amines) is 1. The summed E-state index contributed by atoms with van der Waals surface area (Å²) in [5.41, 5.74) is 4.66. The Hall–Kier alpha value is -1.28. The molecule has 4 rings (SSSR count). The smallest absolute Gasteiger partial charge is 0.0486 e. The quantitative estimate of drug-likeness (QED) is 0.807. The van der Waals surface area contributed by atoms with Crippen LogP contribution in [0, 0.1) is 5.92 Å². The second-order valence-corrected chi connectivity index (χ2v) is 7.25. The molecule has 1 aromatic carbocycles. The molecule has 0 radical (unpaired) electrons. The largest absolute Gasteiger partial charge is 0.347 e. The van der Waals surface area contributed by atoms with Crippen molar-refractivity contribution in [2.45, 2.75) is 51.6 Å². The molecule has 0 amide bonds. The van der Waals surface area contributed by atoms with Crippen molar-refractivity contribution in [3.63, 3.8) is 0 Å². The monoisotopic (exact) mass is 282 g/mol. The van der Waals surface area contributed by atoms with E-state index in [0.717, 1.165) is 18.4 Å². The molecular weight excluding hydrogens is 256 g/mol. The highest BCUT2D eigenvalue weighted by Gasteiger charge is 2.38. The minimum Gasteiger partial charge on any atom is -0.347 e. The molecule has 112 valence electrons. The van der Waals surface area contributed by atoms with Gasteiger partial charge in [-0.3, -0.25) is 0 Å². The summed E-state index contributed by atoms with van der Waals surface area (Å²) in [6, 6.07) is 7.69. The van der Waals surface area contributed by atoms with Gasteiger partial charge in [-0.15, -0.1) is 0 Å². The topological polar surface area (TPSA) is 8.17 Å². The number of hydrogen-bond acceptors (Lipinski definition) is 1. The highest BCUT2D eigenvalue weighted by atomic mass is 15.1. The van der Waals surface area contributed by atoms with Gasteiger partial charge in [-0.1, -0.05) is 26.0 Å². The van der Waals surface area contributed by atoms with E-state index in [4.69, 9.17) is 0 Å². The molecule has 1 aliphatic heterocycles. The summed E-state index contributed by atoms with van der Waals surface area (Å²) in [7, 11) is 2.32. The van der Waals surface area contributed by atoms with Crippen molar-refractivity contribution in [3.05, 3.63) is 35.5 Å². The van der Waals surface area contributed by atoms with Crippen LogP contribution < -0.4 is 0 Å². The fourth-order valence-corrected chi connectivity index (χ4v) is 4.82. The van der Waals surface area contributed by atoms with Crippen LogP contribution in [0.3, 0.4) is 0 Å². The van der Waals surface area contributed by atoms with Gasteiger partial charge < -0.3 is 9.47 Å². The molecule has 1 unspecified atom stereocenters. The van der Waals surface area contributed by atoms with Gasteiger partial charge >= 0.3 is 0 Å². The van der Waals surface area contributed by atoms with E-state index in [1.54, 1.807) is 16.5 Å². The summed E-state index contributed by atoms with van der Waals surface area (Å²) in [5, 5.41) is 1.58. The Labute approximate surface area is 127 Å². The van der Waals surface area contributed by atoms with Crippen LogP contribution in [0.15, 0.2) is 24.4 Å². The molecule has 0 bridgehead atoms. The Morgan fingerprint density at radius 3 is 2.95 bits per heavy atom. The molecule has 1 saturated heterocycles. The lowest BCUT2D eigenvalue weighted by molar-refractivity contribution is 0.119. The maximum atomic E-state index is 2.61. The van der Waals surface area contributed by atoms with E-state index in [0.29, 0.717) is 6.04 Å². The van der Waals surface area contributed by atoms with Gasteiger partial charge in [0.2, 0.25) is 0 Å². The minimum absolute atomic E-state index is 0.705. The first-order valence-electron chi connectivity index (χ1n) is 8.50. The Kier molecular flexibility index (Phi) is 3.11. The lowest BCUT2D eigenvalue weighted by Crippen LogP contribution is -2.47. The third-order valence-electron chi connectivity index (χ3n) is 5.60. The third kappa shape index (κ3) is 1.96. The number of nitrogens with zero attached hydrogens (tertiary/aromatic N) is 2. The molecule has 2 aromatic rings. The number of benzene rings is 1. The molecule has 1 fully saturated rings. The van der Waals surface area contributed by atoms with Crippen LogP contribution in [0.5, 0.6) is 0 Å². The van der Waals surface area contributed by atoms with Gasteiger partial charge in [0.05, 0.1) is 0 Å². The predicted octanol–water partition coefficient (Wildman–Crippen LogP) is 4.03. The Morgan fingerprint density at radius 2 is 2.14 bits per heavy atom. The molecule has 0 N–H and O–H groups in total. The average Bonchev–Trinajstić information content (AvgIpc) is 2.81. The highest BCUT2D eigenvalue weighted by molar-refractivity contribution is 5.89. The maximum Gasteiger partial charge on any atom is 0.0486 e. The fourth-order valence-electron chi connectivity index (χ4n) is 4.82.